The summed E-state index contributed by atoms with van der Waals surface area (Å²) in [5.41, 5.74) is 0.373. The van der Waals surface area contributed by atoms with Crippen LogP contribution in [-0.4, -0.2) is 93.5 Å². The molecule has 0 aromatic heterocycles. The topological polar surface area (TPSA) is 316 Å². The summed E-state index contributed by atoms with van der Waals surface area (Å²) in [6, 6.07) is 20.6. The van der Waals surface area contributed by atoms with Crippen molar-refractivity contribution in [2.45, 2.75) is 52.0 Å². The minimum absolute atomic E-state index is 0.00280. The third-order valence-corrected chi connectivity index (χ3v) is 9.40. The quantitative estimate of drug-likeness (QED) is 0.0504. The Balaban J connectivity index is 1.27. The minimum Gasteiger partial charge on any atom is -0.595 e. The van der Waals surface area contributed by atoms with Gasteiger partial charge >= 0.3 is 11.9 Å². The van der Waals surface area contributed by atoms with Gasteiger partial charge in [0.25, 0.3) is 23.6 Å². The average molecular weight is 923 g/mol. The minimum atomic E-state index is -1.85. The van der Waals surface area contributed by atoms with Gasteiger partial charge in [-0.3, -0.25) is 24.0 Å². The van der Waals surface area contributed by atoms with Gasteiger partial charge in [-0.2, -0.15) is 5.23 Å². The van der Waals surface area contributed by atoms with Crippen molar-refractivity contribution in [3.63, 3.8) is 0 Å². The molecule has 3 atom stereocenters. The number of hydrogen-bond acceptors (Lipinski definition) is 13. The smallest absolute Gasteiger partial charge is 0.335 e. The number of aromatic hydroxyl groups is 1. The number of aliphatic carboxylic acids is 1. The number of phenolic OH excluding ortho intramolecular Hbond substituents is 1. The molecule has 5 amide bonds. The van der Waals surface area contributed by atoms with Crippen LogP contribution in [0.1, 0.15) is 79.5 Å². The second-order valence-corrected chi connectivity index (χ2v) is 15.0. The van der Waals surface area contributed by atoms with Crippen LogP contribution in [0.5, 0.6) is 17.2 Å². The van der Waals surface area contributed by atoms with Gasteiger partial charge in [-0.15, -0.1) is 0 Å². The Hall–Kier alpha value is -8.37. The first-order valence-corrected chi connectivity index (χ1v) is 20.2. The summed E-state index contributed by atoms with van der Waals surface area (Å²) < 4.78 is 16.6. The summed E-state index contributed by atoms with van der Waals surface area (Å²) >= 11 is 0. The number of rotatable bonds is 19. The fraction of sp³-hybridized carbons (Fsp3) is 0.196. The highest BCUT2D eigenvalue weighted by molar-refractivity contribution is 6.10. The van der Waals surface area contributed by atoms with Crippen LogP contribution in [0.3, 0.4) is 0 Å². The number of ether oxygens (including phenoxy) is 3. The highest BCUT2D eigenvalue weighted by Gasteiger charge is 2.36. The molecule has 0 aliphatic carbocycles. The van der Waals surface area contributed by atoms with E-state index in [9.17, 15) is 54.1 Å². The average Bonchev–Trinajstić information content (AvgIpc) is 3.28. The molecule has 0 aliphatic rings. The number of amides is 5. The Bertz CT molecular complexity index is 2650. The number of benzene rings is 5. The number of nitrogens with one attached hydrogen (secondary N) is 6. The highest BCUT2D eigenvalue weighted by Crippen LogP contribution is 2.39. The number of quaternary nitrogens is 1. The molecular formula is C46H46N6O15. The van der Waals surface area contributed by atoms with Crippen LogP contribution in [0.4, 0.5) is 28.4 Å². The van der Waals surface area contributed by atoms with E-state index in [1.807, 2.05) is 0 Å². The maximum atomic E-state index is 13.5. The van der Waals surface area contributed by atoms with Crippen molar-refractivity contribution < 1.29 is 73.5 Å². The molecule has 0 spiro atoms. The summed E-state index contributed by atoms with van der Waals surface area (Å²) in [6.07, 6.45) is -2.76. The van der Waals surface area contributed by atoms with Crippen LogP contribution in [0.2, 0.25) is 0 Å². The van der Waals surface area contributed by atoms with E-state index in [-0.39, 0.29) is 73.9 Å². The van der Waals surface area contributed by atoms with Crippen LogP contribution in [0.15, 0.2) is 103 Å². The van der Waals surface area contributed by atoms with E-state index in [1.165, 1.54) is 103 Å². The molecule has 3 unspecified atom stereocenters. The fourth-order valence-corrected chi connectivity index (χ4v) is 6.18. The van der Waals surface area contributed by atoms with Gasteiger partial charge in [0.15, 0.2) is 23.3 Å². The first-order chi connectivity index (χ1) is 31.8. The van der Waals surface area contributed by atoms with E-state index in [2.05, 4.69) is 26.6 Å². The third-order valence-electron chi connectivity index (χ3n) is 9.40. The van der Waals surface area contributed by atoms with Gasteiger partial charge in [0, 0.05) is 47.3 Å². The molecule has 0 bridgehead atoms. The molecule has 5 aromatic carbocycles. The Morgan fingerprint density at radius 1 is 0.597 bits per heavy atom. The van der Waals surface area contributed by atoms with Gasteiger partial charge in [-0.1, -0.05) is 0 Å². The number of carboxylic acids is 2. The predicted octanol–water partition coefficient (Wildman–Crippen LogP) is 4.66. The van der Waals surface area contributed by atoms with Gasteiger partial charge in [0.2, 0.25) is 5.91 Å². The number of methoxy groups -OCH3 is 1. The Morgan fingerprint density at radius 2 is 1.09 bits per heavy atom. The van der Waals surface area contributed by atoms with Gasteiger partial charge in [-0.25, -0.2) is 14.8 Å². The number of anilines is 4. The molecular weight excluding hydrogens is 877 g/mol. The molecule has 0 saturated heterocycles. The molecule has 350 valence electrons. The normalized spacial score (nSPS) is 12.3. The Morgan fingerprint density at radius 3 is 1.61 bits per heavy atom. The number of carboxylic acid groups (broad SMARTS) is 2. The molecule has 0 radical (unpaired) electrons. The monoisotopic (exact) mass is 922 g/mol. The summed E-state index contributed by atoms with van der Waals surface area (Å²) in [7, 11) is 1.04. The molecule has 10 N–H and O–H groups in total. The van der Waals surface area contributed by atoms with Gasteiger partial charge in [-0.05, 0) is 119 Å². The zero-order valence-electron chi connectivity index (χ0n) is 36.4. The van der Waals surface area contributed by atoms with Crippen molar-refractivity contribution in [2.24, 2.45) is 0 Å². The van der Waals surface area contributed by atoms with Crippen LogP contribution in [0, 0.1) is 5.21 Å². The fourth-order valence-electron chi connectivity index (χ4n) is 6.18. The van der Waals surface area contributed by atoms with Crippen LogP contribution >= 0.6 is 0 Å². The second-order valence-electron chi connectivity index (χ2n) is 15.0. The van der Waals surface area contributed by atoms with E-state index in [1.54, 1.807) is 27.7 Å². The summed E-state index contributed by atoms with van der Waals surface area (Å²) in [5, 5.41) is 62.2. The van der Waals surface area contributed by atoms with Gasteiger partial charge in [0.1, 0.15) is 11.8 Å². The zero-order valence-corrected chi connectivity index (χ0v) is 36.4. The molecule has 5 aromatic rings. The van der Waals surface area contributed by atoms with Gasteiger partial charge in [0.05, 0.1) is 34.7 Å². The molecule has 67 heavy (non-hydrogen) atoms. The van der Waals surface area contributed by atoms with Crippen molar-refractivity contribution in [3.8, 4) is 17.2 Å². The van der Waals surface area contributed by atoms with Crippen LogP contribution < -0.4 is 41.3 Å². The second kappa shape index (κ2) is 22.0. The molecule has 0 heterocycles. The summed E-state index contributed by atoms with van der Waals surface area (Å²) in [4.78, 5) is 90.0. The van der Waals surface area contributed by atoms with E-state index in [0.29, 0.717) is 0 Å². The maximum absolute atomic E-state index is 13.5. The largest absolute Gasteiger partial charge is 0.595 e. The lowest BCUT2D eigenvalue weighted by molar-refractivity contribution is -0.991. The lowest BCUT2D eigenvalue weighted by Crippen LogP contribution is -2.99. The first-order valence-electron chi connectivity index (χ1n) is 20.2. The molecule has 0 fully saturated rings. The van der Waals surface area contributed by atoms with Crippen molar-refractivity contribution in [1.29, 1.82) is 0 Å². The van der Waals surface area contributed by atoms with E-state index >= 15 is 0 Å². The van der Waals surface area contributed by atoms with Gasteiger partial charge < -0.3 is 61.3 Å². The lowest BCUT2D eigenvalue weighted by Gasteiger charge is -2.23. The Kier molecular flexibility index (Phi) is 16.3. The van der Waals surface area contributed by atoms with Crippen molar-refractivity contribution in [2.75, 3.05) is 28.4 Å². The number of carbonyl (C=O) groups is 7. The SMILES string of the molecule is COC(C(=O)O)C(NC(=O)c1ccc(NC(=O)c2ccc([NH+]([O-])O)cc2)cc1)C(=O)Nc1ccc(C(=O)Nc2ccc(C(=O)Nc3ccc(C(=O)O)cc3OC(C)C)c(O)c2OC(C)C)cc1. The number of phenols is 1. The first kappa shape index (κ1) is 49.6. The number of aromatic carboxylic acids is 1. The van der Waals surface area contributed by atoms with Crippen LogP contribution in [0.25, 0.3) is 0 Å². The molecule has 0 aliphatic heterocycles. The zero-order chi connectivity index (χ0) is 49.1. The summed E-state index contributed by atoms with van der Waals surface area (Å²) in [5.74, 6) is -7.45. The standard InChI is InChI=1S/C46H46N6O15/c1-23(2)66-35-22-28(45(59)60)12-20-33(35)49-43(57)32-19-21-34(38(37(32)53)67-24(3)4)50-41(55)25-6-15-30(16-7-25)48-44(58)36(39(65-5)46(61)62)51-42(56)26-8-13-29(14-9-26)47-40(54)27-10-17-31(18-11-27)52(63)64/h6-24,36,39,52-53,63H,1-5H3,(H,47,54)(H,48,58)(H,49,57)(H,50,55)(H,51,56)(H,59,60)(H,61,62). The van der Waals surface area contributed by atoms with Crippen molar-refractivity contribution in [3.05, 3.63) is 136 Å². The van der Waals surface area contributed by atoms with Crippen LogP contribution in [-0.2, 0) is 14.3 Å². The van der Waals surface area contributed by atoms with E-state index < -0.39 is 70.7 Å². The number of carbonyl (C=O) groups excluding carboxylic acids is 5. The van der Waals surface area contributed by atoms with E-state index in [4.69, 9.17) is 19.4 Å². The van der Waals surface area contributed by atoms with Crippen molar-refractivity contribution >= 4 is 69.9 Å². The Labute approximate surface area is 381 Å². The molecule has 21 nitrogen and oxygen atoms in total. The third kappa shape index (κ3) is 12.9. The molecule has 21 heteroatoms. The molecule has 5 rings (SSSR count). The molecule has 0 saturated carbocycles. The number of hydrogen-bond donors (Lipinski definition) is 10. The lowest BCUT2D eigenvalue weighted by atomic mass is 10.1. The maximum Gasteiger partial charge on any atom is 0.335 e. The predicted molar refractivity (Wildman–Crippen MR) is 240 cm³/mol. The van der Waals surface area contributed by atoms with Crippen molar-refractivity contribution in [1.82, 2.24) is 5.32 Å². The van der Waals surface area contributed by atoms with E-state index in [0.717, 1.165) is 7.11 Å². The summed E-state index contributed by atoms with van der Waals surface area (Å²) in [6.45, 7) is 6.74. The highest BCUT2D eigenvalue weighted by atomic mass is 16.8.